The van der Waals surface area contributed by atoms with Crippen LogP contribution in [-0.2, 0) is 20.8 Å². The Hall–Kier alpha value is -0.840. The molecule has 0 N–H and O–H groups in total. The summed E-state index contributed by atoms with van der Waals surface area (Å²) < 4.78 is 18.4. The standard InChI is InChI=1S/C17H31NO3/c1-19-13-6-7-15-21-17-9-8-16-20-14-5-4-12-18-10-2-3-11-18/h2-3,10-11H,4-9,12-17H2,1H3. The zero-order valence-corrected chi connectivity index (χ0v) is 13.5. The highest BCUT2D eigenvalue weighted by molar-refractivity contribution is 4.89. The van der Waals surface area contributed by atoms with Crippen molar-refractivity contribution in [2.24, 2.45) is 0 Å². The molecule has 1 rings (SSSR count). The first-order valence-electron chi connectivity index (χ1n) is 8.18. The van der Waals surface area contributed by atoms with Gasteiger partial charge in [0.1, 0.15) is 0 Å². The summed E-state index contributed by atoms with van der Waals surface area (Å²) in [6, 6.07) is 4.13. The summed E-state index contributed by atoms with van der Waals surface area (Å²) in [6.45, 7) is 5.36. The van der Waals surface area contributed by atoms with Gasteiger partial charge in [0, 0.05) is 59.1 Å². The lowest BCUT2D eigenvalue weighted by molar-refractivity contribution is 0.0954. The molecule has 0 radical (unpaired) electrons. The van der Waals surface area contributed by atoms with Crippen LogP contribution < -0.4 is 0 Å². The van der Waals surface area contributed by atoms with Crippen LogP contribution >= 0.6 is 0 Å². The molecule has 0 amide bonds. The van der Waals surface area contributed by atoms with Gasteiger partial charge < -0.3 is 18.8 Å². The van der Waals surface area contributed by atoms with E-state index in [0.717, 1.165) is 71.7 Å². The highest BCUT2D eigenvalue weighted by atomic mass is 16.5. The number of nitrogens with zero attached hydrogens (tertiary/aromatic N) is 1. The molecule has 0 aromatic carbocycles. The van der Waals surface area contributed by atoms with E-state index in [1.165, 1.54) is 6.42 Å². The number of rotatable bonds is 15. The quantitative estimate of drug-likeness (QED) is 0.464. The highest BCUT2D eigenvalue weighted by Crippen LogP contribution is 1.99. The predicted molar refractivity (Wildman–Crippen MR) is 85.6 cm³/mol. The third kappa shape index (κ3) is 11.5. The van der Waals surface area contributed by atoms with Crippen LogP contribution in [-0.4, -0.2) is 44.7 Å². The molecule has 0 saturated carbocycles. The summed E-state index contributed by atoms with van der Waals surface area (Å²) in [5.41, 5.74) is 0. The first-order chi connectivity index (χ1) is 10.4. The summed E-state index contributed by atoms with van der Waals surface area (Å²) in [5, 5.41) is 0. The average Bonchev–Trinajstić information content (AvgIpc) is 3.01. The van der Waals surface area contributed by atoms with Gasteiger partial charge in [-0.25, -0.2) is 0 Å². The van der Waals surface area contributed by atoms with Crippen molar-refractivity contribution >= 4 is 0 Å². The van der Waals surface area contributed by atoms with Gasteiger partial charge >= 0.3 is 0 Å². The van der Waals surface area contributed by atoms with E-state index in [2.05, 4.69) is 29.1 Å². The molecular formula is C17H31NO3. The molecule has 0 aliphatic heterocycles. The monoisotopic (exact) mass is 297 g/mol. The first-order valence-corrected chi connectivity index (χ1v) is 8.18. The number of hydrogen-bond donors (Lipinski definition) is 0. The predicted octanol–water partition coefficient (Wildman–Crippen LogP) is 3.51. The number of hydrogen-bond acceptors (Lipinski definition) is 3. The number of methoxy groups -OCH3 is 1. The normalized spacial score (nSPS) is 11.1. The second kappa shape index (κ2) is 14.1. The minimum absolute atomic E-state index is 0.835. The van der Waals surface area contributed by atoms with Crippen LogP contribution in [0.1, 0.15) is 38.5 Å². The SMILES string of the molecule is COCCCCOCCCCOCCCCn1cccc1. The Morgan fingerprint density at radius 1 is 0.667 bits per heavy atom. The average molecular weight is 297 g/mol. The maximum Gasteiger partial charge on any atom is 0.0466 e. The Morgan fingerprint density at radius 2 is 1.14 bits per heavy atom. The van der Waals surface area contributed by atoms with Crippen molar-refractivity contribution in [1.29, 1.82) is 0 Å². The van der Waals surface area contributed by atoms with Gasteiger partial charge in [0.2, 0.25) is 0 Å². The Kier molecular flexibility index (Phi) is 12.2. The molecule has 1 aromatic heterocycles. The van der Waals surface area contributed by atoms with Crippen LogP contribution in [0.3, 0.4) is 0 Å². The maximum atomic E-state index is 5.63. The number of aromatic nitrogens is 1. The molecule has 0 saturated heterocycles. The fourth-order valence-corrected chi connectivity index (χ4v) is 2.08. The van der Waals surface area contributed by atoms with Gasteiger partial charge in [-0.05, 0) is 50.7 Å². The Balaban J connectivity index is 1.69. The Labute approximate surface area is 129 Å². The lowest BCUT2D eigenvalue weighted by atomic mass is 10.3. The van der Waals surface area contributed by atoms with Crippen LogP contribution in [0.2, 0.25) is 0 Å². The van der Waals surface area contributed by atoms with E-state index >= 15 is 0 Å². The van der Waals surface area contributed by atoms with Crippen LogP contribution in [0.25, 0.3) is 0 Å². The van der Waals surface area contributed by atoms with Gasteiger partial charge in [-0.1, -0.05) is 0 Å². The third-order valence-electron chi connectivity index (χ3n) is 3.34. The number of unbranched alkanes of at least 4 members (excludes halogenated alkanes) is 3. The maximum absolute atomic E-state index is 5.63. The Morgan fingerprint density at radius 3 is 1.67 bits per heavy atom. The molecule has 1 heterocycles. The van der Waals surface area contributed by atoms with Gasteiger partial charge in [0.15, 0.2) is 0 Å². The van der Waals surface area contributed by atoms with E-state index < -0.39 is 0 Å². The largest absolute Gasteiger partial charge is 0.385 e. The summed E-state index contributed by atoms with van der Waals surface area (Å²) in [4.78, 5) is 0. The lowest BCUT2D eigenvalue weighted by Crippen LogP contribution is -2.03. The van der Waals surface area contributed by atoms with Crippen molar-refractivity contribution in [3.63, 3.8) is 0 Å². The zero-order valence-electron chi connectivity index (χ0n) is 13.5. The summed E-state index contributed by atoms with van der Waals surface area (Å²) in [7, 11) is 1.74. The smallest absolute Gasteiger partial charge is 0.0466 e. The number of ether oxygens (including phenoxy) is 3. The summed E-state index contributed by atoms with van der Waals surface area (Å²) in [6.07, 6.45) is 10.9. The van der Waals surface area contributed by atoms with Crippen molar-refractivity contribution in [3.8, 4) is 0 Å². The summed E-state index contributed by atoms with van der Waals surface area (Å²) in [5.74, 6) is 0. The van der Waals surface area contributed by atoms with Crippen molar-refractivity contribution in [1.82, 2.24) is 4.57 Å². The van der Waals surface area contributed by atoms with Gasteiger partial charge in [0.05, 0.1) is 0 Å². The second-order valence-corrected chi connectivity index (χ2v) is 5.26. The highest BCUT2D eigenvalue weighted by Gasteiger charge is 1.94. The second-order valence-electron chi connectivity index (χ2n) is 5.26. The topological polar surface area (TPSA) is 32.6 Å². The van der Waals surface area contributed by atoms with Crippen LogP contribution in [0, 0.1) is 0 Å². The Bertz CT molecular complexity index is 301. The third-order valence-corrected chi connectivity index (χ3v) is 3.34. The van der Waals surface area contributed by atoms with Crippen molar-refractivity contribution in [2.75, 3.05) is 40.1 Å². The van der Waals surface area contributed by atoms with Crippen LogP contribution in [0.15, 0.2) is 24.5 Å². The molecule has 0 bridgehead atoms. The van der Waals surface area contributed by atoms with Crippen LogP contribution in [0.4, 0.5) is 0 Å². The molecule has 122 valence electrons. The molecular weight excluding hydrogens is 266 g/mol. The fraction of sp³-hybridized carbons (Fsp3) is 0.765. The zero-order chi connectivity index (χ0) is 15.0. The van der Waals surface area contributed by atoms with Gasteiger partial charge in [-0.3, -0.25) is 0 Å². The summed E-state index contributed by atoms with van der Waals surface area (Å²) >= 11 is 0. The molecule has 21 heavy (non-hydrogen) atoms. The molecule has 0 aliphatic rings. The van der Waals surface area contributed by atoms with E-state index in [1.54, 1.807) is 7.11 Å². The van der Waals surface area contributed by atoms with Crippen molar-refractivity contribution in [3.05, 3.63) is 24.5 Å². The van der Waals surface area contributed by atoms with E-state index in [4.69, 9.17) is 14.2 Å². The van der Waals surface area contributed by atoms with Crippen molar-refractivity contribution < 1.29 is 14.2 Å². The molecule has 1 aromatic rings. The van der Waals surface area contributed by atoms with E-state index in [-0.39, 0.29) is 0 Å². The number of aryl methyl sites for hydroxylation is 1. The molecule has 0 aliphatic carbocycles. The first kappa shape index (κ1) is 18.2. The molecule has 0 fully saturated rings. The minimum Gasteiger partial charge on any atom is -0.385 e. The van der Waals surface area contributed by atoms with Gasteiger partial charge in [-0.2, -0.15) is 0 Å². The molecule has 4 heteroatoms. The van der Waals surface area contributed by atoms with Gasteiger partial charge in [0.25, 0.3) is 0 Å². The van der Waals surface area contributed by atoms with E-state index in [0.29, 0.717) is 0 Å². The van der Waals surface area contributed by atoms with Gasteiger partial charge in [-0.15, -0.1) is 0 Å². The fourth-order valence-electron chi connectivity index (χ4n) is 2.08. The van der Waals surface area contributed by atoms with E-state index in [9.17, 15) is 0 Å². The molecule has 0 atom stereocenters. The van der Waals surface area contributed by atoms with Crippen LogP contribution in [0.5, 0.6) is 0 Å². The molecule has 4 nitrogen and oxygen atoms in total. The lowest BCUT2D eigenvalue weighted by Gasteiger charge is -2.06. The van der Waals surface area contributed by atoms with Crippen molar-refractivity contribution in [2.45, 2.75) is 45.1 Å². The molecule has 0 unspecified atom stereocenters. The molecule has 0 spiro atoms. The minimum atomic E-state index is 0.835. The van der Waals surface area contributed by atoms with E-state index in [1.807, 2.05) is 0 Å².